The Kier molecular flexibility index (Phi) is 6.04. The summed E-state index contributed by atoms with van der Waals surface area (Å²) >= 11 is 3.36. The highest BCUT2D eigenvalue weighted by molar-refractivity contribution is 9.10. The van der Waals surface area contributed by atoms with Gasteiger partial charge in [-0.3, -0.25) is 9.59 Å². The molecule has 21 heavy (non-hydrogen) atoms. The summed E-state index contributed by atoms with van der Waals surface area (Å²) in [6.07, 6.45) is 2.28. The van der Waals surface area contributed by atoms with Crippen molar-refractivity contribution in [2.75, 3.05) is 19.7 Å². The summed E-state index contributed by atoms with van der Waals surface area (Å²) in [7, 11) is 0. The largest absolute Gasteiger partial charge is 0.493 e. The molecular formula is C15H19BrN2O3. The average Bonchev–Trinajstić information content (AvgIpc) is 3.28. The van der Waals surface area contributed by atoms with Crippen LogP contribution in [0.4, 0.5) is 0 Å². The smallest absolute Gasteiger partial charge is 0.223 e. The van der Waals surface area contributed by atoms with E-state index < -0.39 is 0 Å². The van der Waals surface area contributed by atoms with Gasteiger partial charge in [0.05, 0.1) is 13.0 Å². The second-order valence-electron chi connectivity index (χ2n) is 4.97. The quantitative estimate of drug-likeness (QED) is 0.700. The molecule has 2 amide bonds. The molecule has 0 aromatic heterocycles. The van der Waals surface area contributed by atoms with Crippen molar-refractivity contribution in [3.8, 4) is 5.75 Å². The number of rotatable bonds is 8. The van der Waals surface area contributed by atoms with Gasteiger partial charge in [0.25, 0.3) is 0 Å². The molecule has 114 valence electrons. The van der Waals surface area contributed by atoms with Crippen molar-refractivity contribution >= 4 is 27.7 Å². The fraction of sp³-hybridized carbons (Fsp3) is 0.467. The number of nitrogens with one attached hydrogen (secondary N) is 2. The summed E-state index contributed by atoms with van der Waals surface area (Å²) in [6, 6.07) is 7.49. The molecule has 0 saturated heterocycles. The van der Waals surface area contributed by atoms with E-state index in [9.17, 15) is 9.59 Å². The van der Waals surface area contributed by atoms with E-state index in [1.54, 1.807) is 0 Å². The minimum absolute atomic E-state index is 0.0781. The van der Waals surface area contributed by atoms with E-state index in [4.69, 9.17) is 4.74 Å². The Hall–Kier alpha value is -1.56. The van der Waals surface area contributed by atoms with Crippen LogP contribution in [0.2, 0.25) is 0 Å². The zero-order valence-electron chi connectivity index (χ0n) is 11.7. The highest BCUT2D eigenvalue weighted by Gasteiger charge is 2.28. The minimum atomic E-state index is -0.0781. The van der Waals surface area contributed by atoms with Gasteiger partial charge in [0.2, 0.25) is 11.8 Å². The lowest BCUT2D eigenvalue weighted by atomic mass is 10.3. The Morgan fingerprint density at radius 3 is 2.71 bits per heavy atom. The van der Waals surface area contributed by atoms with Gasteiger partial charge in [0, 0.05) is 23.5 Å². The van der Waals surface area contributed by atoms with E-state index in [0.717, 1.165) is 23.1 Å². The fourth-order valence-electron chi connectivity index (χ4n) is 1.78. The molecule has 1 aliphatic carbocycles. The standard InChI is InChI=1S/C15H19BrN2O3/c16-12-2-1-3-13(10-12)21-9-6-14(19)17-7-8-18-15(20)11-4-5-11/h1-3,10-11H,4-9H2,(H,17,19)(H,18,20). The highest BCUT2D eigenvalue weighted by atomic mass is 79.9. The van der Waals surface area contributed by atoms with Gasteiger partial charge in [-0.1, -0.05) is 22.0 Å². The van der Waals surface area contributed by atoms with Gasteiger partial charge < -0.3 is 15.4 Å². The van der Waals surface area contributed by atoms with Crippen molar-refractivity contribution in [3.05, 3.63) is 28.7 Å². The number of hydrogen-bond donors (Lipinski definition) is 2. The number of benzene rings is 1. The Morgan fingerprint density at radius 2 is 2.00 bits per heavy atom. The molecule has 1 aromatic rings. The normalized spacial score (nSPS) is 13.6. The van der Waals surface area contributed by atoms with Crippen molar-refractivity contribution in [2.24, 2.45) is 5.92 Å². The summed E-state index contributed by atoms with van der Waals surface area (Å²) in [5, 5.41) is 5.55. The molecule has 1 fully saturated rings. The van der Waals surface area contributed by atoms with Gasteiger partial charge in [-0.15, -0.1) is 0 Å². The second kappa shape index (κ2) is 8.02. The number of ether oxygens (including phenoxy) is 1. The fourth-order valence-corrected chi connectivity index (χ4v) is 2.16. The van der Waals surface area contributed by atoms with Crippen molar-refractivity contribution in [1.82, 2.24) is 10.6 Å². The lowest BCUT2D eigenvalue weighted by Crippen LogP contribution is -2.35. The predicted molar refractivity (Wildman–Crippen MR) is 83.0 cm³/mol. The lowest BCUT2D eigenvalue weighted by Gasteiger charge is -2.08. The maximum absolute atomic E-state index is 11.6. The van der Waals surface area contributed by atoms with E-state index in [1.165, 1.54) is 0 Å². The van der Waals surface area contributed by atoms with E-state index in [-0.39, 0.29) is 17.7 Å². The molecule has 0 aliphatic heterocycles. The zero-order valence-corrected chi connectivity index (χ0v) is 13.3. The number of carbonyl (C=O) groups is 2. The zero-order chi connectivity index (χ0) is 15.1. The summed E-state index contributed by atoms with van der Waals surface area (Å²) in [4.78, 5) is 22.9. The van der Waals surface area contributed by atoms with E-state index >= 15 is 0 Å². The van der Waals surface area contributed by atoms with Crippen LogP contribution in [0.25, 0.3) is 0 Å². The van der Waals surface area contributed by atoms with Crippen LogP contribution in [0.3, 0.4) is 0 Å². The molecular weight excluding hydrogens is 336 g/mol. The molecule has 6 heteroatoms. The van der Waals surface area contributed by atoms with Crippen LogP contribution < -0.4 is 15.4 Å². The number of carbonyl (C=O) groups excluding carboxylic acids is 2. The summed E-state index contributed by atoms with van der Waals surface area (Å²) in [6.45, 7) is 1.26. The summed E-state index contributed by atoms with van der Waals surface area (Å²) in [5.74, 6) is 0.959. The first-order valence-corrected chi connectivity index (χ1v) is 7.87. The molecule has 0 spiro atoms. The molecule has 1 saturated carbocycles. The highest BCUT2D eigenvalue weighted by Crippen LogP contribution is 2.28. The second-order valence-corrected chi connectivity index (χ2v) is 5.89. The molecule has 2 N–H and O–H groups in total. The number of amides is 2. The Labute approximate surface area is 132 Å². The SMILES string of the molecule is O=C(CCOc1cccc(Br)c1)NCCNC(=O)C1CC1. The molecule has 1 aromatic carbocycles. The van der Waals surface area contributed by atoms with Gasteiger partial charge in [-0.05, 0) is 31.0 Å². The van der Waals surface area contributed by atoms with Crippen LogP contribution in [0.1, 0.15) is 19.3 Å². The van der Waals surface area contributed by atoms with Gasteiger partial charge in [-0.25, -0.2) is 0 Å². The molecule has 0 heterocycles. The Balaban J connectivity index is 1.52. The lowest BCUT2D eigenvalue weighted by molar-refractivity contribution is -0.123. The van der Waals surface area contributed by atoms with Crippen molar-refractivity contribution in [1.29, 1.82) is 0 Å². The topological polar surface area (TPSA) is 67.4 Å². The van der Waals surface area contributed by atoms with Crippen LogP contribution in [0.15, 0.2) is 28.7 Å². The molecule has 1 aliphatic rings. The van der Waals surface area contributed by atoms with Crippen molar-refractivity contribution < 1.29 is 14.3 Å². The van der Waals surface area contributed by atoms with Crippen molar-refractivity contribution in [2.45, 2.75) is 19.3 Å². The maximum atomic E-state index is 11.6. The van der Waals surface area contributed by atoms with Crippen LogP contribution in [0, 0.1) is 5.92 Å². The summed E-state index contributed by atoms with van der Waals surface area (Å²) < 4.78 is 6.42. The van der Waals surface area contributed by atoms with Crippen LogP contribution >= 0.6 is 15.9 Å². The summed E-state index contributed by atoms with van der Waals surface area (Å²) in [5.41, 5.74) is 0. The van der Waals surface area contributed by atoms with Gasteiger partial charge in [0.15, 0.2) is 0 Å². The molecule has 0 bridgehead atoms. The first-order chi connectivity index (χ1) is 10.1. The van der Waals surface area contributed by atoms with E-state index in [0.29, 0.717) is 26.1 Å². The van der Waals surface area contributed by atoms with E-state index in [2.05, 4.69) is 26.6 Å². The van der Waals surface area contributed by atoms with Crippen LogP contribution in [0.5, 0.6) is 5.75 Å². The Bertz CT molecular complexity index is 503. The first kappa shape index (κ1) is 15.8. The molecule has 5 nitrogen and oxygen atoms in total. The Morgan fingerprint density at radius 1 is 1.24 bits per heavy atom. The van der Waals surface area contributed by atoms with Crippen molar-refractivity contribution in [3.63, 3.8) is 0 Å². The average molecular weight is 355 g/mol. The molecule has 0 atom stereocenters. The van der Waals surface area contributed by atoms with Crippen LogP contribution in [-0.2, 0) is 9.59 Å². The van der Waals surface area contributed by atoms with Crippen LogP contribution in [-0.4, -0.2) is 31.5 Å². The number of hydrogen-bond acceptors (Lipinski definition) is 3. The number of halogens is 1. The van der Waals surface area contributed by atoms with E-state index in [1.807, 2.05) is 24.3 Å². The third kappa shape index (κ3) is 6.16. The maximum Gasteiger partial charge on any atom is 0.223 e. The first-order valence-electron chi connectivity index (χ1n) is 7.08. The molecule has 2 rings (SSSR count). The predicted octanol–water partition coefficient (Wildman–Crippen LogP) is 1.86. The third-order valence-corrected chi connectivity index (χ3v) is 3.58. The third-order valence-electron chi connectivity index (χ3n) is 3.09. The minimum Gasteiger partial charge on any atom is -0.493 e. The van der Waals surface area contributed by atoms with Gasteiger partial charge >= 0.3 is 0 Å². The van der Waals surface area contributed by atoms with Gasteiger partial charge in [-0.2, -0.15) is 0 Å². The molecule has 0 unspecified atom stereocenters. The monoisotopic (exact) mass is 354 g/mol. The molecule has 0 radical (unpaired) electrons. The van der Waals surface area contributed by atoms with Gasteiger partial charge in [0.1, 0.15) is 5.75 Å².